The van der Waals surface area contributed by atoms with Gasteiger partial charge in [0, 0.05) is 0 Å². The van der Waals surface area contributed by atoms with Crippen molar-refractivity contribution in [3.8, 4) is 0 Å². The van der Waals surface area contributed by atoms with E-state index in [4.69, 9.17) is 0 Å². The summed E-state index contributed by atoms with van der Waals surface area (Å²) in [7, 11) is 1.11. The van der Waals surface area contributed by atoms with E-state index in [1.54, 1.807) is 13.8 Å². The number of hydrogen-bond donors (Lipinski definition) is 2. The fraction of sp³-hybridized carbons (Fsp3) is 0.417. The zero-order chi connectivity index (χ0) is 13.2. The number of hydrogen-bond acceptors (Lipinski definition) is 4. The molecule has 1 aromatic carbocycles. The van der Waals surface area contributed by atoms with Gasteiger partial charge in [-0.2, -0.15) is 0 Å². The molecule has 4 nitrogen and oxygen atoms in total. The van der Waals surface area contributed by atoms with Crippen molar-refractivity contribution in [2.45, 2.75) is 26.1 Å². The van der Waals surface area contributed by atoms with E-state index in [2.05, 4.69) is 4.74 Å². The quantitative estimate of drug-likeness (QED) is 0.776. The highest BCUT2D eigenvalue weighted by atomic mass is 19.1. The molecule has 0 aliphatic rings. The number of esters is 1. The lowest BCUT2D eigenvalue weighted by Gasteiger charge is -2.17. The Bertz CT molecular complexity index is 408. The Hall–Kier alpha value is -1.46. The van der Waals surface area contributed by atoms with Gasteiger partial charge in [-0.1, -0.05) is 12.1 Å². The lowest BCUT2D eigenvalue weighted by Crippen LogP contribution is -2.29. The van der Waals surface area contributed by atoms with Crippen LogP contribution in [0.4, 0.5) is 4.39 Å². The first-order valence-corrected chi connectivity index (χ1v) is 5.09. The molecule has 0 spiro atoms. The Morgan fingerprint density at radius 1 is 1.29 bits per heavy atom. The van der Waals surface area contributed by atoms with E-state index in [0.717, 1.165) is 7.11 Å². The fourth-order valence-electron chi connectivity index (χ4n) is 1.58. The molecule has 0 aliphatic heterocycles. The summed E-state index contributed by atoms with van der Waals surface area (Å²) < 4.78 is 17.7. The molecular formula is C12H15FO4. The lowest BCUT2D eigenvalue weighted by atomic mass is 9.99. The Morgan fingerprint density at radius 2 is 1.76 bits per heavy atom. The minimum Gasteiger partial charge on any atom is -0.467 e. The van der Waals surface area contributed by atoms with Crippen molar-refractivity contribution in [1.82, 2.24) is 0 Å². The molecule has 2 unspecified atom stereocenters. The van der Waals surface area contributed by atoms with E-state index in [1.165, 1.54) is 12.1 Å². The molecule has 0 radical (unpaired) electrons. The largest absolute Gasteiger partial charge is 0.467 e. The summed E-state index contributed by atoms with van der Waals surface area (Å²) >= 11 is 0. The Morgan fingerprint density at radius 3 is 2.18 bits per heavy atom. The first-order chi connectivity index (χ1) is 7.88. The molecule has 0 saturated carbocycles. The second kappa shape index (κ2) is 5.25. The van der Waals surface area contributed by atoms with Gasteiger partial charge >= 0.3 is 5.97 Å². The van der Waals surface area contributed by atoms with Gasteiger partial charge in [-0.05, 0) is 30.5 Å². The molecule has 0 fully saturated rings. The van der Waals surface area contributed by atoms with Gasteiger partial charge in [0.25, 0.3) is 0 Å². The first kappa shape index (κ1) is 13.6. The summed E-state index contributed by atoms with van der Waals surface area (Å²) in [5, 5.41) is 19.2. The summed E-state index contributed by atoms with van der Waals surface area (Å²) in [6.07, 6.45) is -3.11. The molecule has 1 rings (SSSR count). The maximum absolute atomic E-state index is 13.4. The lowest BCUT2D eigenvalue weighted by molar-refractivity contribution is -0.156. The van der Waals surface area contributed by atoms with Crippen LogP contribution in [-0.4, -0.2) is 29.4 Å². The first-order valence-electron chi connectivity index (χ1n) is 5.09. The van der Waals surface area contributed by atoms with Crippen LogP contribution in [0.15, 0.2) is 12.1 Å². The maximum Gasteiger partial charge on any atom is 0.337 e. The normalized spacial score (nSPS) is 14.2. The maximum atomic E-state index is 13.4. The second-order valence-electron chi connectivity index (χ2n) is 3.88. The van der Waals surface area contributed by atoms with Crippen molar-refractivity contribution < 1.29 is 24.1 Å². The molecule has 17 heavy (non-hydrogen) atoms. The molecule has 1 aromatic rings. The van der Waals surface area contributed by atoms with Crippen LogP contribution >= 0.6 is 0 Å². The monoisotopic (exact) mass is 242 g/mol. The van der Waals surface area contributed by atoms with Gasteiger partial charge in [-0.3, -0.25) is 0 Å². The van der Waals surface area contributed by atoms with Crippen LogP contribution in [0.25, 0.3) is 0 Å². The highest BCUT2D eigenvalue weighted by molar-refractivity contribution is 5.75. The number of methoxy groups -OCH3 is 1. The topological polar surface area (TPSA) is 66.8 Å². The molecule has 0 heterocycles. The molecule has 0 amide bonds. The van der Waals surface area contributed by atoms with Gasteiger partial charge in [-0.15, -0.1) is 0 Å². The van der Waals surface area contributed by atoms with Crippen LogP contribution in [0.2, 0.25) is 0 Å². The number of halogens is 1. The highest BCUT2D eigenvalue weighted by Gasteiger charge is 2.27. The molecule has 0 aliphatic carbocycles. The number of ether oxygens (including phenoxy) is 1. The Balaban J connectivity index is 3.04. The van der Waals surface area contributed by atoms with Crippen LogP contribution in [0, 0.1) is 19.7 Å². The fourth-order valence-corrected chi connectivity index (χ4v) is 1.58. The van der Waals surface area contributed by atoms with Crippen molar-refractivity contribution in [2.75, 3.05) is 7.11 Å². The number of aliphatic hydroxyl groups excluding tert-OH is 2. The summed E-state index contributed by atoms with van der Waals surface area (Å²) in [6, 6.07) is 2.78. The Kier molecular flexibility index (Phi) is 4.20. The van der Waals surface area contributed by atoms with Gasteiger partial charge in [-0.25, -0.2) is 9.18 Å². The molecule has 5 heteroatoms. The van der Waals surface area contributed by atoms with Crippen LogP contribution in [0.5, 0.6) is 0 Å². The smallest absolute Gasteiger partial charge is 0.337 e. The molecule has 2 N–H and O–H groups in total. The zero-order valence-electron chi connectivity index (χ0n) is 9.90. The van der Waals surface area contributed by atoms with Gasteiger partial charge in [0.2, 0.25) is 0 Å². The van der Waals surface area contributed by atoms with E-state index in [-0.39, 0.29) is 11.4 Å². The second-order valence-corrected chi connectivity index (χ2v) is 3.88. The van der Waals surface area contributed by atoms with Crippen LogP contribution in [-0.2, 0) is 9.53 Å². The average Bonchev–Trinajstić information content (AvgIpc) is 2.32. The van der Waals surface area contributed by atoms with Crippen molar-refractivity contribution >= 4 is 5.97 Å². The van der Waals surface area contributed by atoms with Crippen molar-refractivity contribution in [3.63, 3.8) is 0 Å². The summed E-state index contributed by atoms with van der Waals surface area (Å²) in [5.41, 5.74) is 0.964. The highest BCUT2D eigenvalue weighted by Crippen LogP contribution is 2.22. The molecule has 0 bridgehead atoms. The standard InChI is InChI=1S/C12H15FO4/c1-6-4-8(5-7(2)9(6)13)10(14)11(15)12(16)17-3/h4-5,10-11,14-15H,1-3H3. The molecule has 0 aromatic heterocycles. The third-order valence-electron chi connectivity index (χ3n) is 2.54. The predicted molar refractivity (Wildman–Crippen MR) is 58.9 cm³/mol. The molecule has 2 atom stereocenters. The SMILES string of the molecule is COC(=O)C(O)C(O)c1cc(C)c(F)c(C)c1. The number of carbonyl (C=O) groups is 1. The number of rotatable bonds is 3. The van der Waals surface area contributed by atoms with Gasteiger partial charge in [0.1, 0.15) is 11.9 Å². The number of aliphatic hydroxyl groups is 2. The van der Waals surface area contributed by atoms with E-state index in [1.807, 2.05) is 0 Å². The molecular weight excluding hydrogens is 227 g/mol. The number of aryl methyl sites for hydroxylation is 2. The van der Waals surface area contributed by atoms with Crippen LogP contribution < -0.4 is 0 Å². The van der Waals surface area contributed by atoms with Gasteiger partial charge in [0.15, 0.2) is 6.10 Å². The van der Waals surface area contributed by atoms with Crippen LogP contribution in [0.3, 0.4) is 0 Å². The number of benzene rings is 1. The van der Waals surface area contributed by atoms with Gasteiger partial charge < -0.3 is 14.9 Å². The summed E-state index contributed by atoms with van der Waals surface area (Å²) in [4.78, 5) is 11.1. The zero-order valence-corrected chi connectivity index (χ0v) is 9.90. The third-order valence-corrected chi connectivity index (χ3v) is 2.54. The molecule has 94 valence electrons. The average molecular weight is 242 g/mol. The summed E-state index contributed by atoms with van der Waals surface area (Å²) in [5.74, 6) is -1.30. The van der Waals surface area contributed by atoms with E-state index < -0.39 is 18.2 Å². The minimum absolute atomic E-state index is 0.277. The van der Waals surface area contributed by atoms with E-state index in [9.17, 15) is 19.4 Å². The van der Waals surface area contributed by atoms with Gasteiger partial charge in [0.05, 0.1) is 7.11 Å². The number of carbonyl (C=O) groups excluding carboxylic acids is 1. The third kappa shape index (κ3) is 2.81. The molecule has 0 saturated heterocycles. The van der Waals surface area contributed by atoms with E-state index >= 15 is 0 Å². The van der Waals surface area contributed by atoms with Crippen molar-refractivity contribution in [3.05, 3.63) is 34.6 Å². The van der Waals surface area contributed by atoms with Crippen molar-refractivity contribution in [2.24, 2.45) is 0 Å². The predicted octanol–water partition coefficient (Wildman–Crippen LogP) is 1.01. The van der Waals surface area contributed by atoms with Crippen LogP contribution in [0.1, 0.15) is 22.8 Å². The Labute approximate surface area is 98.7 Å². The minimum atomic E-state index is -1.68. The van der Waals surface area contributed by atoms with E-state index in [0.29, 0.717) is 11.1 Å². The van der Waals surface area contributed by atoms with Crippen molar-refractivity contribution in [1.29, 1.82) is 0 Å². The summed E-state index contributed by atoms with van der Waals surface area (Å²) in [6.45, 7) is 3.09.